The third-order valence-corrected chi connectivity index (χ3v) is 3.34. The first-order valence-electron chi connectivity index (χ1n) is 5.93. The van der Waals surface area contributed by atoms with E-state index in [-0.39, 0.29) is 0 Å². The van der Waals surface area contributed by atoms with Gasteiger partial charge in [0.2, 0.25) is 0 Å². The molecule has 0 radical (unpaired) electrons. The van der Waals surface area contributed by atoms with Crippen LogP contribution in [0.15, 0.2) is 48.5 Å². The minimum Gasteiger partial charge on any atom is -0.332 e. The number of hydrogen-bond acceptors (Lipinski definition) is 2. The van der Waals surface area contributed by atoms with Crippen LogP contribution in [0.4, 0.5) is 11.4 Å². The van der Waals surface area contributed by atoms with Gasteiger partial charge in [-0.2, -0.15) is 0 Å². The van der Waals surface area contributed by atoms with Crippen molar-refractivity contribution in [3.63, 3.8) is 0 Å². The lowest BCUT2D eigenvalue weighted by atomic mass is 10.3. The van der Waals surface area contributed by atoms with Crippen LogP contribution in [0, 0.1) is 0 Å². The molecule has 0 atom stereocenters. The second-order valence-corrected chi connectivity index (χ2v) is 5.74. The summed E-state index contributed by atoms with van der Waals surface area (Å²) in [5, 5.41) is 11.0. The SMILES string of the molecule is S=C(NC(=S)Nc1ccc(Cl)cc1)Nc1ccc(Cl)cc1. The maximum absolute atomic E-state index is 5.82. The standard InChI is InChI=1S/C14H11Cl2N3S2/c15-9-1-5-11(6-2-9)17-13(20)19-14(21)18-12-7-3-10(16)4-8-12/h1-8H,(H3,17,18,19,20,21). The smallest absolute Gasteiger partial charge is 0.177 e. The first-order valence-corrected chi connectivity index (χ1v) is 7.50. The molecule has 0 aliphatic carbocycles. The highest BCUT2D eigenvalue weighted by Crippen LogP contribution is 2.14. The van der Waals surface area contributed by atoms with E-state index >= 15 is 0 Å². The second kappa shape index (κ2) is 7.56. The summed E-state index contributed by atoms with van der Waals surface area (Å²) in [7, 11) is 0. The number of anilines is 2. The molecule has 0 bridgehead atoms. The topological polar surface area (TPSA) is 36.1 Å². The highest BCUT2D eigenvalue weighted by Gasteiger charge is 2.02. The number of benzene rings is 2. The van der Waals surface area contributed by atoms with E-state index in [0.717, 1.165) is 11.4 Å². The zero-order valence-electron chi connectivity index (χ0n) is 10.7. The van der Waals surface area contributed by atoms with Gasteiger partial charge in [0.25, 0.3) is 0 Å². The first kappa shape index (κ1) is 16.0. The van der Waals surface area contributed by atoms with Crippen LogP contribution in [0.2, 0.25) is 10.0 Å². The third-order valence-electron chi connectivity index (χ3n) is 2.43. The van der Waals surface area contributed by atoms with Gasteiger partial charge < -0.3 is 16.0 Å². The number of nitrogens with one attached hydrogen (secondary N) is 3. The monoisotopic (exact) mass is 355 g/mol. The van der Waals surface area contributed by atoms with Gasteiger partial charge in [0.1, 0.15) is 0 Å². The fourth-order valence-corrected chi connectivity index (χ4v) is 2.25. The van der Waals surface area contributed by atoms with Crippen LogP contribution in [0.25, 0.3) is 0 Å². The molecule has 0 amide bonds. The molecule has 0 fully saturated rings. The van der Waals surface area contributed by atoms with Crippen LogP contribution < -0.4 is 16.0 Å². The quantitative estimate of drug-likeness (QED) is 0.682. The second-order valence-electron chi connectivity index (χ2n) is 4.05. The normalized spacial score (nSPS) is 9.81. The Morgan fingerprint density at radius 1 is 0.667 bits per heavy atom. The van der Waals surface area contributed by atoms with E-state index in [1.165, 1.54) is 0 Å². The molecule has 0 aliphatic rings. The van der Waals surface area contributed by atoms with Crippen LogP contribution in [0.3, 0.4) is 0 Å². The minimum absolute atomic E-state index is 0.392. The van der Waals surface area contributed by atoms with Gasteiger partial charge in [-0.05, 0) is 73.0 Å². The summed E-state index contributed by atoms with van der Waals surface area (Å²) in [5.41, 5.74) is 1.65. The lowest BCUT2D eigenvalue weighted by molar-refractivity contribution is 1.39. The molecule has 0 spiro atoms. The summed E-state index contributed by atoms with van der Waals surface area (Å²) in [6, 6.07) is 14.4. The van der Waals surface area contributed by atoms with Crippen molar-refractivity contribution in [3.05, 3.63) is 58.6 Å². The van der Waals surface area contributed by atoms with Crippen LogP contribution in [0.5, 0.6) is 0 Å². The lowest BCUT2D eigenvalue weighted by Crippen LogP contribution is -2.37. The largest absolute Gasteiger partial charge is 0.332 e. The Balaban J connectivity index is 1.85. The molecule has 0 saturated heterocycles. The van der Waals surface area contributed by atoms with Crippen molar-refractivity contribution in [1.29, 1.82) is 0 Å². The van der Waals surface area contributed by atoms with Gasteiger partial charge >= 0.3 is 0 Å². The Labute approximate surface area is 143 Å². The molecule has 2 aromatic carbocycles. The molecule has 0 aliphatic heterocycles. The van der Waals surface area contributed by atoms with Gasteiger partial charge in [0.15, 0.2) is 10.2 Å². The van der Waals surface area contributed by atoms with Crippen molar-refractivity contribution in [3.8, 4) is 0 Å². The Kier molecular flexibility index (Phi) is 5.76. The zero-order valence-corrected chi connectivity index (χ0v) is 13.8. The van der Waals surface area contributed by atoms with Crippen LogP contribution in [-0.4, -0.2) is 10.2 Å². The zero-order chi connectivity index (χ0) is 15.2. The lowest BCUT2D eigenvalue weighted by Gasteiger charge is -2.13. The molecular formula is C14H11Cl2N3S2. The van der Waals surface area contributed by atoms with Crippen molar-refractivity contribution in [1.82, 2.24) is 5.32 Å². The van der Waals surface area contributed by atoms with Crippen LogP contribution in [0.1, 0.15) is 0 Å². The molecular weight excluding hydrogens is 345 g/mol. The minimum atomic E-state index is 0.392. The number of hydrogen-bond donors (Lipinski definition) is 3. The van der Waals surface area contributed by atoms with E-state index in [1.54, 1.807) is 24.3 Å². The first-order chi connectivity index (χ1) is 10.0. The molecule has 0 aromatic heterocycles. The highest BCUT2D eigenvalue weighted by molar-refractivity contribution is 7.82. The summed E-state index contributed by atoms with van der Waals surface area (Å²) >= 11 is 22.0. The summed E-state index contributed by atoms with van der Waals surface area (Å²) in [6.45, 7) is 0. The predicted molar refractivity (Wildman–Crippen MR) is 98.5 cm³/mol. The van der Waals surface area contributed by atoms with Gasteiger partial charge in [-0.25, -0.2) is 0 Å². The fraction of sp³-hybridized carbons (Fsp3) is 0. The number of rotatable bonds is 2. The molecule has 3 N–H and O–H groups in total. The molecule has 21 heavy (non-hydrogen) atoms. The van der Waals surface area contributed by atoms with Crippen molar-refractivity contribution >= 4 is 69.2 Å². The highest BCUT2D eigenvalue weighted by atomic mass is 35.5. The predicted octanol–water partition coefficient (Wildman–Crippen LogP) is 4.68. The van der Waals surface area contributed by atoms with Crippen molar-refractivity contribution in [2.24, 2.45) is 0 Å². The maximum atomic E-state index is 5.82. The van der Waals surface area contributed by atoms with E-state index in [0.29, 0.717) is 20.3 Å². The van der Waals surface area contributed by atoms with Crippen molar-refractivity contribution in [2.75, 3.05) is 10.6 Å². The molecule has 108 valence electrons. The summed E-state index contributed by atoms with van der Waals surface area (Å²) < 4.78 is 0. The summed E-state index contributed by atoms with van der Waals surface area (Å²) in [5.74, 6) is 0. The molecule has 0 saturated carbocycles. The van der Waals surface area contributed by atoms with Gasteiger partial charge in [-0.1, -0.05) is 23.2 Å². The van der Waals surface area contributed by atoms with E-state index in [2.05, 4.69) is 16.0 Å². The number of thiocarbonyl (C=S) groups is 2. The van der Waals surface area contributed by atoms with Gasteiger partial charge in [0.05, 0.1) is 0 Å². The fourth-order valence-electron chi connectivity index (χ4n) is 1.49. The average molecular weight is 356 g/mol. The van der Waals surface area contributed by atoms with Crippen LogP contribution >= 0.6 is 47.6 Å². The van der Waals surface area contributed by atoms with Gasteiger partial charge in [-0.15, -0.1) is 0 Å². The summed E-state index contributed by atoms with van der Waals surface area (Å²) in [4.78, 5) is 0. The third kappa shape index (κ3) is 5.47. The molecule has 3 nitrogen and oxygen atoms in total. The van der Waals surface area contributed by atoms with E-state index in [4.69, 9.17) is 47.6 Å². The Morgan fingerprint density at radius 2 is 1.00 bits per heavy atom. The molecule has 2 aromatic rings. The average Bonchev–Trinajstić information content (AvgIpc) is 2.44. The molecule has 7 heteroatoms. The van der Waals surface area contributed by atoms with Crippen LogP contribution in [-0.2, 0) is 0 Å². The maximum Gasteiger partial charge on any atom is 0.177 e. The van der Waals surface area contributed by atoms with E-state index in [1.807, 2.05) is 24.3 Å². The Hall–Kier alpha value is -1.40. The molecule has 2 rings (SSSR count). The van der Waals surface area contributed by atoms with Crippen molar-refractivity contribution < 1.29 is 0 Å². The van der Waals surface area contributed by atoms with Gasteiger partial charge in [0, 0.05) is 21.4 Å². The summed E-state index contributed by atoms with van der Waals surface area (Å²) in [6.07, 6.45) is 0. The number of halogens is 2. The Bertz CT molecular complexity index is 585. The Morgan fingerprint density at radius 3 is 1.33 bits per heavy atom. The van der Waals surface area contributed by atoms with E-state index in [9.17, 15) is 0 Å². The molecule has 0 heterocycles. The van der Waals surface area contributed by atoms with Crippen molar-refractivity contribution in [2.45, 2.75) is 0 Å². The van der Waals surface area contributed by atoms with Gasteiger partial charge in [-0.3, -0.25) is 0 Å². The van der Waals surface area contributed by atoms with E-state index < -0.39 is 0 Å². The molecule has 0 unspecified atom stereocenters.